The Balaban J connectivity index is 2.61. The highest BCUT2D eigenvalue weighted by molar-refractivity contribution is 7.52. The third-order valence-electron chi connectivity index (χ3n) is 4.08. The summed E-state index contributed by atoms with van der Waals surface area (Å²) in [6, 6.07) is 0.743. The quantitative estimate of drug-likeness (QED) is 0.273. The molecule has 0 aliphatic carbocycles. The minimum atomic E-state index is -5.54. The molecule has 5 atom stereocenters. The van der Waals surface area contributed by atoms with E-state index in [2.05, 4.69) is 0 Å². The molecular weight excluding hydrogens is 375 g/mol. The molecule has 0 spiro atoms. The summed E-state index contributed by atoms with van der Waals surface area (Å²) >= 11 is 0. The average Bonchev–Trinajstić information content (AvgIpc) is 2.80. The third-order valence-corrected chi connectivity index (χ3v) is 5.50. The zero-order valence-corrected chi connectivity index (χ0v) is 14.4. The van der Waals surface area contributed by atoms with E-state index >= 15 is 0 Å². The van der Waals surface area contributed by atoms with Crippen LogP contribution < -0.4 is 11.2 Å². The fourth-order valence-electron chi connectivity index (χ4n) is 2.82. The number of nitrogens with one attached hydrogen (secondary N) is 1. The van der Waals surface area contributed by atoms with Crippen LogP contribution >= 0.6 is 7.60 Å². The molecule has 1 aliphatic rings. The van der Waals surface area contributed by atoms with Crippen LogP contribution in [0.25, 0.3) is 0 Å². The number of nitrogens with zero attached hydrogens (tertiary/aromatic N) is 1. The molecule has 146 valence electrons. The van der Waals surface area contributed by atoms with Gasteiger partial charge < -0.3 is 29.8 Å². The maximum absolute atomic E-state index is 12.1. The Bertz CT molecular complexity index is 844. The van der Waals surface area contributed by atoms with Crippen LogP contribution in [0.3, 0.4) is 0 Å². The molecule has 13 heteroatoms. The van der Waals surface area contributed by atoms with E-state index in [-0.39, 0.29) is 11.0 Å². The molecule has 1 aromatic rings. The number of ether oxygens (including phenoxy) is 1. The molecule has 0 saturated carbocycles. The number of Topliss-reactive ketones (excluding diaryl/α,β-unsaturated/α-hetero) is 1. The number of ketones is 1. The molecule has 1 saturated heterocycles. The second kappa shape index (κ2) is 7.16. The number of aliphatic hydroxyl groups excluding tert-OH is 3. The van der Waals surface area contributed by atoms with Gasteiger partial charge in [0.05, 0.1) is 0 Å². The smallest absolute Gasteiger partial charge is 0.381 e. The normalized spacial score (nSPS) is 30.3. The van der Waals surface area contributed by atoms with Crippen molar-refractivity contribution in [3.63, 3.8) is 0 Å². The first kappa shape index (κ1) is 20.6. The second-order valence-electron chi connectivity index (χ2n) is 5.86. The number of rotatable bonds is 6. The summed E-state index contributed by atoms with van der Waals surface area (Å²) in [6.45, 7) is 1.64. The van der Waals surface area contributed by atoms with Gasteiger partial charge in [0, 0.05) is 18.7 Å². The van der Waals surface area contributed by atoms with Gasteiger partial charge in [0.1, 0.15) is 24.4 Å². The SMILES string of the molecule is CCCC(=O)C(O)[C@H]1O[C@](n2ccc(=O)[nH]c2=O)(P(=O)(O)O)[C@H](O)[C@@H]1O. The van der Waals surface area contributed by atoms with E-state index in [1.807, 2.05) is 0 Å². The molecule has 1 fully saturated rings. The Morgan fingerprint density at radius 3 is 2.54 bits per heavy atom. The molecule has 0 aromatic carbocycles. The molecule has 0 radical (unpaired) electrons. The summed E-state index contributed by atoms with van der Waals surface area (Å²) in [6.07, 6.45) is -7.48. The number of aliphatic hydroxyl groups is 3. The highest BCUT2D eigenvalue weighted by atomic mass is 31.2. The lowest BCUT2D eigenvalue weighted by molar-refractivity contribution is -0.148. The van der Waals surface area contributed by atoms with Gasteiger partial charge in [-0.1, -0.05) is 6.92 Å². The summed E-state index contributed by atoms with van der Waals surface area (Å²) in [5.74, 6) is -0.779. The number of aromatic amines is 1. The number of H-pyrrole nitrogens is 1. The Hall–Kier alpha value is -1.66. The van der Waals surface area contributed by atoms with Crippen LogP contribution in [0.15, 0.2) is 21.9 Å². The van der Waals surface area contributed by atoms with Gasteiger partial charge in [-0.3, -0.25) is 23.7 Å². The van der Waals surface area contributed by atoms with Crippen molar-refractivity contribution in [2.24, 2.45) is 0 Å². The number of hydrogen-bond donors (Lipinski definition) is 6. The van der Waals surface area contributed by atoms with Crippen LogP contribution in [-0.4, -0.2) is 64.9 Å². The Morgan fingerprint density at radius 1 is 1.42 bits per heavy atom. The fourth-order valence-corrected chi connectivity index (χ4v) is 4.02. The Kier molecular flexibility index (Phi) is 5.69. The maximum atomic E-state index is 12.1. The van der Waals surface area contributed by atoms with Gasteiger partial charge in [-0.25, -0.2) is 4.79 Å². The summed E-state index contributed by atoms with van der Waals surface area (Å²) in [7, 11) is -5.54. The lowest BCUT2D eigenvalue weighted by Crippen LogP contribution is -2.51. The van der Waals surface area contributed by atoms with Gasteiger partial charge in [0.2, 0.25) is 0 Å². The van der Waals surface area contributed by atoms with Crippen LogP contribution in [0.4, 0.5) is 0 Å². The van der Waals surface area contributed by atoms with Gasteiger partial charge in [-0.05, 0) is 6.42 Å². The van der Waals surface area contributed by atoms with E-state index in [0.29, 0.717) is 12.6 Å². The standard InChI is InChI=1S/C13H19N2O10P/c1-2-3-6(16)8(18)10-9(19)11(20)13(25-10,26(22,23)24)15-5-4-7(17)14-12(15)21/h4-5,8-11,18-20H,2-3H2,1H3,(H,14,17,21)(H2,22,23,24)/t8?,9-,10-,11-,13+/m1/s1. The topological polar surface area (TPSA) is 199 Å². The first-order valence-electron chi connectivity index (χ1n) is 7.60. The lowest BCUT2D eigenvalue weighted by Gasteiger charge is -2.33. The molecule has 6 N–H and O–H groups in total. The van der Waals surface area contributed by atoms with Crippen LogP contribution in [0.2, 0.25) is 0 Å². The molecule has 12 nitrogen and oxygen atoms in total. The van der Waals surface area contributed by atoms with Gasteiger partial charge in [-0.15, -0.1) is 0 Å². The van der Waals surface area contributed by atoms with Crippen LogP contribution in [0.1, 0.15) is 19.8 Å². The predicted octanol–water partition coefficient (Wildman–Crippen LogP) is -2.82. The Morgan fingerprint density at radius 2 is 2.04 bits per heavy atom. The average molecular weight is 394 g/mol. The van der Waals surface area contributed by atoms with Gasteiger partial charge >= 0.3 is 13.3 Å². The zero-order chi connectivity index (χ0) is 19.9. The lowest BCUT2D eigenvalue weighted by atomic mass is 10.00. The van der Waals surface area contributed by atoms with Crippen molar-refractivity contribution >= 4 is 13.4 Å². The molecule has 1 aliphatic heterocycles. The van der Waals surface area contributed by atoms with Gasteiger partial charge in [0.15, 0.2) is 5.78 Å². The van der Waals surface area contributed by atoms with Crippen molar-refractivity contribution in [3.8, 4) is 0 Å². The van der Waals surface area contributed by atoms with Crippen molar-refractivity contribution < 1.29 is 39.2 Å². The van der Waals surface area contributed by atoms with Crippen molar-refractivity contribution in [1.29, 1.82) is 0 Å². The van der Waals surface area contributed by atoms with E-state index in [4.69, 9.17) is 4.74 Å². The predicted molar refractivity (Wildman–Crippen MR) is 84.1 cm³/mol. The highest BCUT2D eigenvalue weighted by Gasteiger charge is 2.67. The molecule has 2 heterocycles. The number of carbonyl (C=O) groups is 1. The minimum absolute atomic E-state index is 0.106. The molecular formula is C13H19N2O10P. The van der Waals surface area contributed by atoms with E-state index < -0.39 is 54.5 Å². The minimum Gasteiger partial charge on any atom is -0.387 e. The van der Waals surface area contributed by atoms with E-state index in [1.165, 1.54) is 0 Å². The zero-order valence-electron chi connectivity index (χ0n) is 13.6. The van der Waals surface area contributed by atoms with Crippen LogP contribution in [-0.2, 0) is 19.6 Å². The first-order valence-corrected chi connectivity index (χ1v) is 9.21. The van der Waals surface area contributed by atoms with Crippen molar-refractivity contribution in [3.05, 3.63) is 33.1 Å². The Labute approximate surface area is 145 Å². The van der Waals surface area contributed by atoms with Crippen LogP contribution in [0, 0.1) is 0 Å². The van der Waals surface area contributed by atoms with Gasteiger partial charge in [-0.2, -0.15) is 0 Å². The molecule has 1 aromatic heterocycles. The molecule has 26 heavy (non-hydrogen) atoms. The third kappa shape index (κ3) is 3.21. The molecule has 0 amide bonds. The monoisotopic (exact) mass is 394 g/mol. The number of aromatic nitrogens is 2. The second-order valence-corrected chi connectivity index (χ2v) is 7.59. The summed E-state index contributed by atoms with van der Waals surface area (Å²) in [5.41, 5.74) is -5.34. The van der Waals surface area contributed by atoms with E-state index in [0.717, 1.165) is 6.07 Å². The van der Waals surface area contributed by atoms with E-state index in [9.17, 15) is 44.1 Å². The van der Waals surface area contributed by atoms with Crippen molar-refractivity contribution in [2.45, 2.75) is 49.6 Å². The van der Waals surface area contributed by atoms with Crippen molar-refractivity contribution in [1.82, 2.24) is 9.55 Å². The van der Waals surface area contributed by atoms with Crippen molar-refractivity contribution in [2.75, 3.05) is 0 Å². The summed E-state index contributed by atoms with van der Waals surface area (Å²) in [4.78, 5) is 56.3. The summed E-state index contributed by atoms with van der Waals surface area (Å²) < 4.78 is 17.4. The molecule has 1 unspecified atom stereocenters. The summed E-state index contributed by atoms with van der Waals surface area (Å²) in [5, 5.41) is 30.5. The largest absolute Gasteiger partial charge is 0.387 e. The number of carbonyl (C=O) groups excluding carboxylic acids is 1. The fraction of sp³-hybridized carbons (Fsp3) is 0.615. The van der Waals surface area contributed by atoms with E-state index in [1.54, 1.807) is 11.9 Å². The maximum Gasteiger partial charge on any atom is 0.381 e. The van der Waals surface area contributed by atoms with Crippen LogP contribution in [0.5, 0.6) is 0 Å². The highest BCUT2D eigenvalue weighted by Crippen LogP contribution is 2.60. The van der Waals surface area contributed by atoms with Gasteiger partial charge in [0.25, 0.3) is 11.0 Å². The number of hydrogen-bond acceptors (Lipinski definition) is 8. The first-order chi connectivity index (χ1) is 12.0. The molecule has 0 bridgehead atoms. The molecule has 2 rings (SSSR count).